The van der Waals surface area contributed by atoms with E-state index in [0.29, 0.717) is 17.3 Å². The van der Waals surface area contributed by atoms with Crippen molar-refractivity contribution in [3.05, 3.63) is 57.0 Å². The van der Waals surface area contributed by atoms with Crippen LogP contribution in [0.2, 0.25) is 5.02 Å². The van der Waals surface area contributed by atoms with Gasteiger partial charge in [0.05, 0.1) is 12.1 Å². The van der Waals surface area contributed by atoms with Crippen LogP contribution in [0, 0.1) is 6.92 Å². The molecule has 1 N–H and O–H groups in total. The Morgan fingerprint density at radius 3 is 2.68 bits per heavy atom. The number of nitrogens with one attached hydrogen (secondary N) is 1. The first-order valence-electron chi connectivity index (χ1n) is 5.92. The Kier molecular flexibility index (Phi) is 4.72. The van der Waals surface area contributed by atoms with Gasteiger partial charge >= 0.3 is 0 Å². The molecule has 0 aliphatic carbocycles. The lowest BCUT2D eigenvalue weighted by atomic mass is 10.2. The van der Waals surface area contributed by atoms with E-state index >= 15 is 0 Å². The molecule has 0 unspecified atom stereocenters. The van der Waals surface area contributed by atoms with Crippen LogP contribution in [0.25, 0.3) is 0 Å². The predicted octanol–water partition coefficient (Wildman–Crippen LogP) is 5.03. The molecule has 2 aromatic carbocycles. The van der Waals surface area contributed by atoms with Crippen molar-refractivity contribution < 1.29 is 4.74 Å². The molecule has 0 amide bonds. The first kappa shape index (κ1) is 14.2. The standard InChI is InChI=1S/C15H15BrClNO/c1-10-3-5-12(16)14(7-10)18-9-11-4-6-15(19-2)13(17)8-11/h3-8,18H,9H2,1-2H3. The maximum atomic E-state index is 6.11. The number of benzene rings is 2. The molecule has 2 nitrogen and oxygen atoms in total. The van der Waals surface area contributed by atoms with Crippen LogP contribution in [0.5, 0.6) is 5.75 Å². The molecule has 2 rings (SSSR count). The summed E-state index contributed by atoms with van der Waals surface area (Å²) in [5.74, 6) is 0.696. The minimum atomic E-state index is 0.630. The molecule has 19 heavy (non-hydrogen) atoms. The van der Waals surface area contributed by atoms with E-state index in [1.165, 1.54) is 5.56 Å². The maximum absolute atomic E-state index is 6.11. The van der Waals surface area contributed by atoms with E-state index in [1.807, 2.05) is 24.3 Å². The monoisotopic (exact) mass is 339 g/mol. The Bertz CT molecular complexity index is 586. The summed E-state index contributed by atoms with van der Waals surface area (Å²) >= 11 is 9.64. The lowest BCUT2D eigenvalue weighted by Crippen LogP contribution is -2.00. The molecule has 0 aliphatic rings. The highest BCUT2D eigenvalue weighted by atomic mass is 79.9. The highest BCUT2D eigenvalue weighted by molar-refractivity contribution is 9.10. The average molecular weight is 341 g/mol. The lowest BCUT2D eigenvalue weighted by Gasteiger charge is -2.11. The number of ether oxygens (including phenoxy) is 1. The summed E-state index contributed by atoms with van der Waals surface area (Å²) in [5, 5.41) is 4.02. The lowest BCUT2D eigenvalue weighted by molar-refractivity contribution is 0.415. The van der Waals surface area contributed by atoms with Gasteiger partial charge in [-0.05, 0) is 58.2 Å². The second-order valence-electron chi connectivity index (χ2n) is 4.31. The molecule has 0 atom stereocenters. The number of aryl methyl sites for hydroxylation is 1. The van der Waals surface area contributed by atoms with Gasteiger partial charge in [0, 0.05) is 16.7 Å². The molecule has 0 aliphatic heterocycles. The van der Waals surface area contributed by atoms with Gasteiger partial charge in [-0.25, -0.2) is 0 Å². The van der Waals surface area contributed by atoms with E-state index in [1.54, 1.807) is 7.11 Å². The third-order valence-corrected chi connectivity index (χ3v) is 3.81. The third kappa shape index (κ3) is 3.64. The zero-order chi connectivity index (χ0) is 13.8. The summed E-state index contributed by atoms with van der Waals surface area (Å²) in [7, 11) is 1.61. The maximum Gasteiger partial charge on any atom is 0.137 e. The van der Waals surface area contributed by atoms with E-state index < -0.39 is 0 Å². The molecule has 0 heterocycles. The summed E-state index contributed by atoms with van der Waals surface area (Å²) in [6.45, 7) is 2.79. The number of hydrogen-bond donors (Lipinski definition) is 1. The summed E-state index contributed by atoms with van der Waals surface area (Å²) in [5.41, 5.74) is 3.41. The topological polar surface area (TPSA) is 21.3 Å². The van der Waals surface area contributed by atoms with Gasteiger partial charge < -0.3 is 10.1 Å². The van der Waals surface area contributed by atoms with Crippen molar-refractivity contribution in [3.63, 3.8) is 0 Å². The van der Waals surface area contributed by atoms with Crippen LogP contribution in [0.4, 0.5) is 5.69 Å². The molecular formula is C15H15BrClNO. The molecule has 4 heteroatoms. The molecular weight excluding hydrogens is 326 g/mol. The van der Waals surface area contributed by atoms with E-state index in [-0.39, 0.29) is 0 Å². The molecule has 0 spiro atoms. The van der Waals surface area contributed by atoms with E-state index in [9.17, 15) is 0 Å². The van der Waals surface area contributed by atoms with Crippen molar-refractivity contribution in [1.29, 1.82) is 0 Å². The van der Waals surface area contributed by atoms with E-state index in [4.69, 9.17) is 16.3 Å². The Morgan fingerprint density at radius 2 is 2.00 bits per heavy atom. The van der Waals surface area contributed by atoms with Crippen molar-refractivity contribution in [1.82, 2.24) is 0 Å². The third-order valence-electron chi connectivity index (χ3n) is 2.82. The van der Waals surface area contributed by atoms with Crippen LogP contribution in [0.3, 0.4) is 0 Å². The summed E-state index contributed by atoms with van der Waals surface area (Å²) < 4.78 is 6.19. The minimum absolute atomic E-state index is 0.630. The van der Waals surface area contributed by atoms with Crippen molar-refractivity contribution in [2.75, 3.05) is 12.4 Å². The molecule has 0 saturated carbocycles. The van der Waals surface area contributed by atoms with Crippen LogP contribution in [0.15, 0.2) is 40.9 Å². The number of methoxy groups -OCH3 is 1. The molecule has 0 radical (unpaired) electrons. The van der Waals surface area contributed by atoms with Gasteiger partial charge in [-0.1, -0.05) is 23.7 Å². The zero-order valence-electron chi connectivity index (χ0n) is 10.8. The average Bonchev–Trinajstić information content (AvgIpc) is 2.40. The van der Waals surface area contributed by atoms with Crippen LogP contribution in [0.1, 0.15) is 11.1 Å². The second kappa shape index (κ2) is 6.31. The van der Waals surface area contributed by atoms with Gasteiger partial charge in [-0.3, -0.25) is 0 Å². The van der Waals surface area contributed by atoms with E-state index in [0.717, 1.165) is 15.7 Å². The number of halogens is 2. The Morgan fingerprint density at radius 1 is 1.21 bits per heavy atom. The molecule has 0 bridgehead atoms. The van der Waals surface area contributed by atoms with E-state index in [2.05, 4.69) is 40.3 Å². The Labute approximate surface area is 126 Å². The molecule has 100 valence electrons. The highest BCUT2D eigenvalue weighted by Crippen LogP contribution is 2.27. The normalized spacial score (nSPS) is 10.3. The Hall–Kier alpha value is -1.19. The fourth-order valence-electron chi connectivity index (χ4n) is 1.79. The molecule has 0 saturated heterocycles. The van der Waals surface area contributed by atoms with Gasteiger partial charge in [0.2, 0.25) is 0 Å². The fraction of sp³-hybridized carbons (Fsp3) is 0.200. The SMILES string of the molecule is COc1ccc(CNc2cc(C)ccc2Br)cc1Cl. The van der Waals surface area contributed by atoms with Gasteiger partial charge in [-0.15, -0.1) is 0 Å². The summed E-state index contributed by atoms with van der Waals surface area (Å²) in [6, 6.07) is 12.0. The van der Waals surface area contributed by atoms with Crippen LogP contribution in [-0.4, -0.2) is 7.11 Å². The number of rotatable bonds is 4. The summed E-state index contributed by atoms with van der Waals surface area (Å²) in [4.78, 5) is 0. The smallest absolute Gasteiger partial charge is 0.137 e. The van der Waals surface area contributed by atoms with Crippen LogP contribution >= 0.6 is 27.5 Å². The van der Waals surface area contributed by atoms with Crippen molar-refractivity contribution in [3.8, 4) is 5.75 Å². The first-order chi connectivity index (χ1) is 9.10. The quantitative estimate of drug-likeness (QED) is 0.842. The van der Waals surface area contributed by atoms with Gasteiger partial charge in [-0.2, -0.15) is 0 Å². The predicted molar refractivity (Wildman–Crippen MR) is 84.2 cm³/mol. The van der Waals surface area contributed by atoms with Gasteiger partial charge in [0.1, 0.15) is 5.75 Å². The molecule has 0 fully saturated rings. The minimum Gasteiger partial charge on any atom is -0.495 e. The first-order valence-corrected chi connectivity index (χ1v) is 7.09. The molecule has 0 aromatic heterocycles. The van der Waals surface area contributed by atoms with Crippen molar-refractivity contribution in [2.45, 2.75) is 13.5 Å². The number of hydrogen-bond acceptors (Lipinski definition) is 2. The van der Waals surface area contributed by atoms with Crippen molar-refractivity contribution in [2.24, 2.45) is 0 Å². The van der Waals surface area contributed by atoms with Crippen LogP contribution < -0.4 is 10.1 Å². The van der Waals surface area contributed by atoms with Crippen molar-refractivity contribution >= 4 is 33.2 Å². The zero-order valence-corrected chi connectivity index (χ0v) is 13.2. The summed E-state index contributed by atoms with van der Waals surface area (Å²) in [6.07, 6.45) is 0. The van der Waals surface area contributed by atoms with Gasteiger partial charge in [0.15, 0.2) is 0 Å². The number of anilines is 1. The van der Waals surface area contributed by atoms with Gasteiger partial charge in [0.25, 0.3) is 0 Å². The highest BCUT2D eigenvalue weighted by Gasteiger charge is 2.03. The van der Waals surface area contributed by atoms with Crippen LogP contribution in [-0.2, 0) is 6.54 Å². The fourth-order valence-corrected chi connectivity index (χ4v) is 2.46. The Balaban J connectivity index is 2.10. The second-order valence-corrected chi connectivity index (χ2v) is 5.57. The molecule has 2 aromatic rings. The largest absolute Gasteiger partial charge is 0.495 e.